The quantitative estimate of drug-likeness (QED) is 0.724. The molecular formula is C10H10FN3. The highest BCUT2D eigenvalue weighted by Crippen LogP contribution is 2.03. The summed E-state index contributed by atoms with van der Waals surface area (Å²) >= 11 is 0. The lowest BCUT2D eigenvalue weighted by molar-refractivity contribution is 0.611. The van der Waals surface area contributed by atoms with Crippen LogP contribution in [-0.4, -0.2) is 14.8 Å². The minimum absolute atomic E-state index is 0.314. The first kappa shape index (κ1) is 8.87. The molecule has 0 radical (unpaired) electrons. The standard InChI is InChI=1S/C10H10FN3/c1-8-2-3-14(13-8)7-9-4-10(11)6-12-5-9/h2-6H,7H2,1H3. The van der Waals surface area contributed by atoms with E-state index in [-0.39, 0.29) is 5.82 Å². The number of pyridine rings is 1. The summed E-state index contributed by atoms with van der Waals surface area (Å²) in [6.45, 7) is 2.47. The van der Waals surface area contributed by atoms with Gasteiger partial charge in [-0.25, -0.2) is 4.39 Å². The van der Waals surface area contributed by atoms with E-state index >= 15 is 0 Å². The molecule has 0 fully saturated rings. The van der Waals surface area contributed by atoms with E-state index in [0.29, 0.717) is 6.54 Å². The number of aryl methyl sites for hydroxylation is 1. The molecule has 2 aromatic rings. The summed E-state index contributed by atoms with van der Waals surface area (Å²) in [6.07, 6.45) is 4.69. The van der Waals surface area contributed by atoms with Crippen LogP contribution in [0.5, 0.6) is 0 Å². The van der Waals surface area contributed by atoms with Gasteiger partial charge in [-0.3, -0.25) is 9.67 Å². The monoisotopic (exact) mass is 191 g/mol. The van der Waals surface area contributed by atoms with Crippen LogP contribution in [0.15, 0.2) is 30.7 Å². The third-order valence-corrected chi connectivity index (χ3v) is 1.88. The van der Waals surface area contributed by atoms with E-state index in [1.54, 1.807) is 10.9 Å². The smallest absolute Gasteiger partial charge is 0.141 e. The Morgan fingerprint density at radius 1 is 1.43 bits per heavy atom. The second-order valence-electron chi connectivity index (χ2n) is 3.17. The van der Waals surface area contributed by atoms with E-state index in [9.17, 15) is 4.39 Å². The maximum absolute atomic E-state index is 12.8. The summed E-state index contributed by atoms with van der Waals surface area (Å²) < 4.78 is 14.5. The summed E-state index contributed by atoms with van der Waals surface area (Å²) in [5, 5.41) is 4.20. The zero-order chi connectivity index (χ0) is 9.97. The average molecular weight is 191 g/mol. The Morgan fingerprint density at radius 3 is 2.93 bits per heavy atom. The van der Waals surface area contributed by atoms with Crippen molar-refractivity contribution in [1.29, 1.82) is 0 Å². The Bertz CT molecular complexity index is 436. The number of hydrogen-bond donors (Lipinski definition) is 0. The number of halogens is 1. The van der Waals surface area contributed by atoms with Crippen LogP contribution in [0.4, 0.5) is 4.39 Å². The zero-order valence-electron chi connectivity index (χ0n) is 7.81. The fraction of sp³-hybridized carbons (Fsp3) is 0.200. The van der Waals surface area contributed by atoms with Crippen molar-refractivity contribution in [2.75, 3.05) is 0 Å². The second-order valence-corrected chi connectivity index (χ2v) is 3.17. The first-order valence-electron chi connectivity index (χ1n) is 4.33. The highest BCUT2D eigenvalue weighted by molar-refractivity contribution is 5.10. The molecule has 0 N–H and O–H groups in total. The molecule has 0 bridgehead atoms. The van der Waals surface area contributed by atoms with Crippen molar-refractivity contribution >= 4 is 0 Å². The molecule has 0 aromatic carbocycles. The highest BCUT2D eigenvalue weighted by atomic mass is 19.1. The van der Waals surface area contributed by atoms with Crippen molar-refractivity contribution in [3.63, 3.8) is 0 Å². The predicted molar refractivity (Wildman–Crippen MR) is 50.3 cm³/mol. The Kier molecular flexibility index (Phi) is 2.26. The van der Waals surface area contributed by atoms with Crippen molar-refractivity contribution in [3.8, 4) is 0 Å². The first-order valence-corrected chi connectivity index (χ1v) is 4.33. The van der Waals surface area contributed by atoms with Crippen molar-refractivity contribution < 1.29 is 4.39 Å². The number of hydrogen-bond acceptors (Lipinski definition) is 2. The lowest BCUT2D eigenvalue weighted by Gasteiger charge is -2.00. The molecule has 0 aliphatic carbocycles. The van der Waals surface area contributed by atoms with Gasteiger partial charge < -0.3 is 0 Å². The minimum atomic E-state index is -0.314. The van der Waals surface area contributed by atoms with Crippen LogP contribution >= 0.6 is 0 Å². The molecule has 0 spiro atoms. The maximum atomic E-state index is 12.8. The fourth-order valence-corrected chi connectivity index (χ4v) is 1.28. The van der Waals surface area contributed by atoms with Gasteiger partial charge in [0.15, 0.2) is 0 Å². The Morgan fingerprint density at radius 2 is 2.29 bits per heavy atom. The largest absolute Gasteiger partial charge is 0.268 e. The third-order valence-electron chi connectivity index (χ3n) is 1.88. The Labute approximate surface area is 81.2 Å². The predicted octanol–water partition coefficient (Wildman–Crippen LogP) is 1.77. The molecule has 2 heterocycles. The van der Waals surface area contributed by atoms with Crippen molar-refractivity contribution in [1.82, 2.24) is 14.8 Å². The maximum Gasteiger partial charge on any atom is 0.141 e. The SMILES string of the molecule is Cc1ccn(Cc2cncc(F)c2)n1. The van der Waals surface area contributed by atoms with Crippen LogP contribution in [0.2, 0.25) is 0 Å². The van der Waals surface area contributed by atoms with Crippen molar-refractivity contribution in [2.45, 2.75) is 13.5 Å². The van der Waals surface area contributed by atoms with Gasteiger partial charge in [0, 0.05) is 12.4 Å². The Balaban J connectivity index is 2.18. The summed E-state index contributed by atoms with van der Waals surface area (Å²) in [4.78, 5) is 3.77. The van der Waals surface area contributed by atoms with Gasteiger partial charge in [-0.2, -0.15) is 5.10 Å². The van der Waals surface area contributed by atoms with Gasteiger partial charge in [-0.15, -0.1) is 0 Å². The molecule has 2 aromatic heterocycles. The molecule has 3 nitrogen and oxygen atoms in total. The van der Waals surface area contributed by atoms with Crippen LogP contribution in [0.3, 0.4) is 0 Å². The molecule has 4 heteroatoms. The van der Waals surface area contributed by atoms with E-state index in [2.05, 4.69) is 10.1 Å². The van der Waals surface area contributed by atoms with Gasteiger partial charge >= 0.3 is 0 Å². The number of aromatic nitrogens is 3. The highest BCUT2D eigenvalue weighted by Gasteiger charge is 1.98. The van der Waals surface area contributed by atoms with Crippen LogP contribution in [0.1, 0.15) is 11.3 Å². The molecular weight excluding hydrogens is 181 g/mol. The molecule has 0 amide bonds. The fourth-order valence-electron chi connectivity index (χ4n) is 1.28. The van der Waals surface area contributed by atoms with Gasteiger partial charge in [0.1, 0.15) is 5.82 Å². The van der Waals surface area contributed by atoms with Crippen molar-refractivity contribution in [3.05, 3.63) is 47.8 Å². The minimum Gasteiger partial charge on any atom is -0.268 e. The summed E-state index contributed by atoms with van der Waals surface area (Å²) in [5.41, 5.74) is 1.77. The molecule has 0 saturated carbocycles. The van der Waals surface area contributed by atoms with E-state index in [4.69, 9.17) is 0 Å². The normalized spacial score (nSPS) is 10.4. The number of rotatable bonds is 2. The molecule has 0 saturated heterocycles. The Hall–Kier alpha value is -1.71. The van der Waals surface area contributed by atoms with E-state index in [0.717, 1.165) is 11.3 Å². The summed E-state index contributed by atoms with van der Waals surface area (Å²) in [5.74, 6) is -0.314. The van der Waals surface area contributed by atoms with E-state index in [1.807, 2.05) is 19.2 Å². The van der Waals surface area contributed by atoms with Gasteiger partial charge in [0.2, 0.25) is 0 Å². The topological polar surface area (TPSA) is 30.7 Å². The molecule has 0 atom stereocenters. The lowest BCUT2D eigenvalue weighted by atomic mass is 10.3. The summed E-state index contributed by atoms with van der Waals surface area (Å²) in [7, 11) is 0. The van der Waals surface area contributed by atoms with Gasteiger partial charge in [0.05, 0.1) is 18.4 Å². The second kappa shape index (κ2) is 3.57. The first-order chi connectivity index (χ1) is 6.74. The third kappa shape index (κ3) is 1.96. The van der Waals surface area contributed by atoms with E-state index in [1.165, 1.54) is 12.3 Å². The molecule has 0 unspecified atom stereocenters. The average Bonchev–Trinajstić information content (AvgIpc) is 2.51. The molecule has 0 aliphatic rings. The molecule has 14 heavy (non-hydrogen) atoms. The molecule has 2 rings (SSSR count). The van der Waals surface area contributed by atoms with Gasteiger partial charge in [-0.1, -0.05) is 0 Å². The van der Waals surface area contributed by atoms with Crippen LogP contribution in [0, 0.1) is 12.7 Å². The van der Waals surface area contributed by atoms with Crippen LogP contribution in [0.25, 0.3) is 0 Å². The zero-order valence-corrected chi connectivity index (χ0v) is 7.81. The van der Waals surface area contributed by atoms with Crippen LogP contribution < -0.4 is 0 Å². The molecule has 72 valence electrons. The van der Waals surface area contributed by atoms with Gasteiger partial charge in [0.25, 0.3) is 0 Å². The van der Waals surface area contributed by atoms with Crippen LogP contribution in [-0.2, 0) is 6.54 Å². The number of nitrogens with zero attached hydrogens (tertiary/aromatic N) is 3. The van der Waals surface area contributed by atoms with Gasteiger partial charge in [-0.05, 0) is 24.6 Å². The lowest BCUT2D eigenvalue weighted by Crippen LogP contribution is -2.01. The van der Waals surface area contributed by atoms with Crippen molar-refractivity contribution in [2.24, 2.45) is 0 Å². The van der Waals surface area contributed by atoms with E-state index < -0.39 is 0 Å². The summed E-state index contributed by atoms with van der Waals surface area (Å²) in [6, 6.07) is 3.37. The molecule has 0 aliphatic heterocycles.